The molecule has 0 aliphatic carbocycles. The summed E-state index contributed by atoms with van der Waals surface area (Å²) in [5, 5.41) is 5.42. The van der Waals surface area contributed by atoms with Crippen LogP contribution in [0, 0.1) is 17.7 Å². The van der Waals surface area contributed by atoms with E-state index in [0.29, 0.717) is 39.0 Å². The van der Waals surface area contributed by atoms with E-state index < -0.39 is 17.8 Å². The quantitative estimate of drug-likeness (QED) is 0.609. The predicted molar refractivity (Wildman–Crippen MR) is 111 cm³/mol. The predicted octanol–water partition coefficient (Wildman–Crippen LogP) is 1.32. The Kier molecular flexibility index (Phi) is 10.0. The van der Waals surface area contributed by atoms with Gasteiger partial charge < -0.3 is 21.3 Å². The van der Waals surface area contributed by atoms with Crippen molar-refractivity contribution in [1.82, 2.24) is 15.5 Å². The number of rotatable bonds is 7. The molecular weight excluding hydrogens is 399 g/mol. The number of amides is 3. The highest BCUT2D eigenvalue weighted by atomic mass is 35.5. The van der Waals surface area contributed by atoms with Crippen LogP contribution in [-0.2, 0) is 9.59 Å². The van der Waals surface area contributed by atoms with E-state index in [1.165, 1.54) is 18.2 Å². The first-order chi connectivity index (χ1) is 13.3. The van der Waals surface area contributed by atoms with Gasteiger partial charge in [-0.3, -0.25) is 14.4 Å². The molecule has 2 unspecified atom stereocenters. The fourth-order valence-electron chi connectivity index (χ4n) is 3.31. The molecule has 2 rings (SSSR count). The van der Waals surface area contributed by atoms with Crippen molar-refractivity contribution in [3.63, 3.8) is 0 Å². The van der Waals surface area contributed by atoms with Gasteiger partial charge in [-0.25, -0.2) is 4.39 Å². The van der Waals surface area contributed by atoms with Gasteiger partial charge in [-0.05, 0) is 30.9 Å². The third-order valence-electron chi connectivity index (χ3n) is 4.89. The van der Waals surface area contributed by atoms with Crippen LogP contribution in [0.25, 0.3) is 0 Å². The number of nitrogens with two attached hydrogens (primary N) is 1. The molecular formula is C20H30ClFN4O3. The molecule has 162 valence electrons. The number of halogens is 2. The van der Waals surface area contributed by atoms with Crippen molar-refractivity contribution in [3.05, 3.63) is 35.6 Å². The van der Waals surface area contributed by atoms with E-state index in [2.05, 4.69) is 10.6 Å². The van der Waals surface area contributed by atoms with Crippen LogP contribution in [-0.4, -0.2) is 54.8 Å². The Hall–Kier alpha value is -2.19. The number of benzene rings is 1. The molecule has 4 N–H and O–H groups in total. The molecule has 0 radical (unpaired) electrons. The van der Waals surface area contributed by atoms with Crippen molar-refractivity contribution in [3.8, 4) is 0 Å². The molecule has 1 aliphatic heterocycles. The van der Waals surface area contributed by atoms with Crippen molar-refractivity contribution < 1.29 is 18.8 Å². The zero-order valence-electron chi connectivity index (χ0n) is 16.8. The number of hydrogen-bond donors (Lipinski definition) is 3. The maximum Gasteiger partial charge on any atom is 0.254 e. The topological polar surface area (TPSA) is 105 Å². The monoisotopic (exact) mass is 428 g/mol. The Morgan fingerprint density at radius 3 is 2.59 bits per heavy atom. The Balaban J connectivity index is 0.00000420. The molecule has 1 aliphatic rings. The van der Waals surface area contributed by atoms with Gasteiger partial charge in [0.25, 0.3) is 5.91 Å². The van der Waals surface area contributed by atoms with Gasteiger partial charge in [-0.15, -0.1) is 12.4 Å². The second-order valence-corrected chi connectivity index (χ2v) is 7.38. The largest absolute Gasteiger partial charge is 0.355 e. The Bertz CT molecular complexity index is 717. The van der Waals surface area contributed by atoms with E-state index in [4.69, 9.17) is 5.73 Å². The lowest BCUT2D eigenvalue weighted by molar-refractivity contribution is -0.138. The summed E-state index contributed by atoms with van der Waals surface area (Å²) in [6, 6.07) is 4.86. The number of nitrogens with one attached hydrogen (secondary N) is 2. The van der Waals surface area contributed by atoms with Gasteiger partial charge >= 0.3 is 0 Å². The van der Waals surface area contributed by atoms with E-state index in [0.717, 1.165) is 0 Å². The first kappa shape index (κ1) is 24.8. The minimum absolute atomic E-state index is 0. The van der Waals surface area contributed by atoms with Crippen LogP contribution in [0.5, 0.6) is 0 Å². The molecule has 3 amide bonds. The number of piperidine rings is 1. The van der Waals surface area contributed by atoms with Crippen molar-refractivity contribution >= 4 is 30.1 Å². The van der Waals surface area contributed by atoms with Crippen molar-refractivity contribution in [2.45, 2.75) is 32.7 Å². The summed E-state index contributed by atoms with van der Waals surface area (Å²) >= 11 is 0. The number of nitrogens with zero attached hydrogens (tertiary/aromatic N) is 1. The molecule has 2 atom stereocenters. The molecule has 1 aromatic carbocycles. The van der Waals surface area contributed by atoms with Crippen molar-refractivity contribution in [1.29, 1.82) is 0 Å². The van der Waals surface area contributed by atoms with E-state index in [1.54, 1.807) is 11.0 Å². The molecule has 7 nitrogen and oxygen atoms in total. The molecule has 0 bridgehead atoms. The van der Waals surface area contributed by atoms with Crippen LogP contribution in [0.1, 0.15) is 37.0 Å². The lowest BCUT2D eigenvalue weighted by Crippen LogP contribution is -2.54. The third-order valence-corrected chi connectivity index (χ3v) is 4.89. The first-order valence-corrected chi connectivity index (χ1v) is 9.67. The normalized spacial score (nSPS) is 17.3. The molecule has 0 aromatic heterocycles. The molecule has 1 saturated heterocycles. The summed E-state index contributed by atoms with van der Waals surface area (Å²) in [5.41, 5.74) is 5.32. The van der Waals surface area contributed by atoms with Gasteiger partial charge in [0, 0.05) is 26.2 Å². The van der Waals surface area contributed by atoms with Gasteiger partial charge in [-0.1, -0.05) is 26.0 Å². The van der Waals surface area contributed by atoms with Crippen LogP contribution >= 0.6 is 12.4 Å². The number of hydrogen-bond acceptors (Lipinski definition) is 4. The molecule has 1 heterocycles. The minimum Gasteiger partial charge on any atom is -0.355 e. The van der Waals surface area contributed by atoms with Crippen LogP contribution in [0.4, 0.5) is 4.39 Å². The summed E-state index contributed by atoms with van der Waals surface area (Å²) in [7, 11) is 0. The molecule has 1 fully saturated rings. The molecule has 9 heteroatoms. The number of carbonyl (C=O) groups excluding carboxylic acids is 3. The third kappa shape index (κ3) is 6.68. The van der Waals surface area contributed by atoms with Gasteiger partial charge in [-0.2, -0.15) is 0 Å². The Morgan fingerprint density at radius 2 is 1.97 bits per heavy atom. The van der Waals surface area contributed by atoms with Crippen molar-refractivity contribution in [2.24, 2.45) is 17.6 Å². The fraction of sp³-hybridized carbons (Fsp3) is 0.550. The Labute approximate surface area is 177 Å². The van der Waals surface area contributed by atoms with Crippen LogP contribution in [0.3, 0.4) is 0 Å². The lowest BCUT2D eigenvalue weighted by atomic mass is 9.94. The van der Waals surface area contributed by atoms with Gasteiger partial charge in [0.2, 0.25) is 11.8 Å². The molecule has 0 saturated carbocycles. The molecule has 0 spiro atoms. The van der Waals surface area contributed by atoms with E-state index in [9.17, 15) is 18.8 Å². The number of likely N-dealkylation sites (tertiary alicyclic amines) is 1. The minimum atomic E-state index is -0.794. The van der Waals surface area contributed by atoms with E-state index in [1.807, 2.05) is 13.8 Å². The van der Waals surface area contributed by atoms with Gasteiger partial charge in [0.05, 0.1) is 11.5 Å². The SMILES string of the molecule is CC(C)C(NC(=O)c1ccccc1F)C(=O)N1CCCC(C(=O)NCCN)C1.Cl. The first-order valence-electron chi connectivity index (χ1n) is 9.67. The van der Waals surface area contributed by atoms with Crippen LogP contribution in [0.2, 0.25) is 0 Å². The van der Waals surface area contributed by atoms with Crippen LogP contribution in [0.15, 0.2) is 24.3 Å². The highest BCUT2D eigenvalue weighted by Crippen LogP contribution is 2.19. The average Bonchev–Trinajstić information content (AvgIpc) is 2.69. The summed E-state index contributed by atoms with van der Waals surface area (Å²) < 4.78 is 13.9. The average molecular weight is 429 g/mol. The van der Waals surface area contributed by atoms with Gasteiger partial charge in [0.15, 0.2) is 0 Å². The zero-order chi connectivity index (χ0) is 20.7. The van der Waals surface area contributed by atoms with Crippen LogP contribution < -0.4 is 16.4 Å². The van der Waals surface area contributed by atoms with Gasteiger partial charge in [0.1, 0.15) is 11.9 Å². The number of carbonyl (C=O) groups is 3. The maximum atomic E-state index is 13.9. The summed E-state index contributed by atoms with van der Waals surface area (Å²) in [6.45, 7) is 5.22. The smallest absolute Gasteiger partial charge is 0.254 e. The van der Waals surface area contributed by atoms with E-state index in [-0.39, 0.29) is 41.6 Å². The van der Waals surface area contributed by atoms with E-state index >= 15 is 0 Å². The second-order valence-electron chi connectivity index (χ2n) is 7.38. The maximum absolute atomic E-state index is 13.9. The molecule has 1 aromatic rings. The molecule has 29 heavy (non-hydrogen) atoms. The highest BCUT2D eigenvalue weighted by Gasteiger charge is 2.34. The summed E-state index contributed by atoms with van der Waals surface area (Å²) in [6.07, 6.45) is 1.41. The zero-order valence-corrected chi connectivity index (χ0v) is 17.6. The fourth-order valence-corrected chi connectivity index (χ4v) is 3.31. The van der Waals surface area contributed by atoms with Crippen molar-refractivity contribution in [2.75, 3.05) is 26.2 Å². The highest BCUT2D eigenvalue weighted by molar-refractivity contribution is 5.98. The summed E-state index contributed by atoms with van der Waals surface area (Å²) in [4.78, 5) is 39.3. The summed E-state index contributed by atoms with van der Waals surface area (Å²) in [5.74, 6) is -2.10. The second kappa shape index (κ2) is 11.7. The standard InChI is InChI=1S/C20H29FN4O3.ClH/c1-13(2)17(24-19(27)15-7-3-4-8-16(15)21)20(28)25-11-5-6-14(12-25)18(26)23-10-9-22;/h3-4,7-8,13-14,17H,5-6,9-12,22H2,1-2H3,(H,23,26)(H,24,27);1H. The lowest BCUT2D eigenvalue weighted by Gasteiger charge is -2.35. The Morgan fingerprint density at radius 1 is 1.28 bits per heavy atom.